The van der Waals surface area contributed by atoms with Gasteiger partial charge in [0.1, 0.15) is 29.9 Å². The van der Waals surface area contributed by atoms with E-state index in [1.807, 2.05) is 6.92 Å². The smallest absolute Gasteiger partial charge is 0.135 e. The Morgan fingerprint density at radius 1 is 0.692 bits per heavy atom. The van der Waals surface area contributed by atoms with E-state index in [1.165, 1.54) is 0 Å². The molecule has 292 valence electrons. The van der Waals surface area contributed by atoms with Gasteiger partial charge >= 0.3 is 0 Å². The molecule has 7 aliphatic rings. The lowest BCUT2D eigenvalue weighted by atomic mass is 9.78. The highest BCUT2D eigenvalue weighted by Gasteiger charge is 2.56. The molecule has 0 aromatic heterocycles. The number of aliphatic hydroxyl groups is 3. The monoisotopic (exact) mass is 730 g/mol. The van der Waals surface area contributed by atoms with Crippen LogP contribution in [-0.4, -0.2) is 119 Å². The van der Waals surface area contributed by atoms with Crippen LogP contribution in [-0.2, 0) is 38.0 Å². The van der Waals surface area contributed by atoms with Crippen LogP contribution in [0.3, 0.4) is 0 Å². The molecule has 3 unspecified atom stereocenters. The van der Waals surface area contributed by atoms with Crippen molar-refractivity contribution in [3.8, 4) is 0 Å². The van der Waals surface area contributed by atoms with Gasteiger partial charge in [-0.05, 0) is 73.8 Å². The summed E-state index contributed by atoms with van der Waals surface area (Å²) < 4.78 is 39.1. The topological polar surface area (TPSA) is 150 Å². The highest BCUT2D eigenvalue weighted by molar-refractivity contribution is 5.79. The number of carbonyl (C=O) groups excluding carboxylic acids is 2. The predicted molar refractivity (Wildman–Crippen MR) is 190 cm³/mol. The fourth-order valence-electron chi connectivity index (χ4n) is 10.4. The first kappa shape index (κ1) is 38.7. The Labute approximate surface area is 308 Å². The van der Waals surface area contributed by atoms with Crippen molar-refractivity contribution in [2.24, 2.45) is 23.7 Å². The summed E-state index contributed by atoms with van der Waals surface area (Å²) in [4.78, 5) is 27.1. The van der Waals surface area contributed by atoms with E-state index < -0.39 is 24.4 Å². The number of Topliss-reactive ketones (excluding diaryl/α,β-unsaturated/α-hetero) is 2. The molecule has 7 aliphatic heterocycles. The van der Waals surface area contributed by atoms with Crippen LogP contribution in [0.25, 0.3) is 0 Å². The summed E-state index contributed by atoms with van der Waals surface area (Å²) in [6.07, 6.45) is 1.93. The molecule has 7 heterocycles. The Morgan fingerprint density at radius 2 is 1.42 bits per heavy atom. The number of carbonyl (C=O) groups is 2. The van der Waals surface area contributed by atoms with Gasteiger partial charge in [-0.15, -0.1) is 0 Å². The molecule has 0 saturated carbocycles. The molecule has 7 saturated heterocycles. The fourth-order valence-corrected chi connectivity index (χ4v) is 10.4. The van der Waals surface area contributed by atoms with Gasteiger partial charge in [-0.2, -0.15) is 0 Å². The van der Waals surface area contributed by atoms with E-state index in [1.54, 1.807) is 0 Å². The van der Waals surface area contributed by atoms with Crippen LogP contribution in [0.5, 0.6) is 0 Å². The second kappa shape index (κ2) is 16.3. The SMILES string of the molecule is C=C1C2C[C@@H]3O[C@H](C[C@H](O)CO)[C@H](C)[C@H]3CC(=O)CC3CC[C@@H]4O[C@H]5[C@@H](C)[C@@H](CC(=O)CCC6CC(=C)[C@H](CC[C@@H](C[C@H]1C)O2)O6)O[C@H]5[C@@H](O)[C@H]4O3. The largest absolute Gasteiger partial charge is 0.394 e. The Bertz CT molecular complexity index is 1320. The Balaban J connectivity index is 1.10. The van der Waals surface area contributed by atoms with Gasteiger partial charge in [0.05, 0.1) is 73.8 Å². The average Bonchev–Trinajstić information content (AvgIpc) is 3.73. The lowest BCUT2D eigenvalue weighted by Gasteiger charge is -2.46. The van der Waals surface area contributed by atoms with E-state index in [9.17, 15) is 24.9 Å². The van der Waals surface area contributed by atoms with Gasteiger partial charge in [0.15, 0.2) is 0 Å². The van der Waals surface area contributed by atoms with E-state index in [2.05, 4.69) is 27.0 Å². The van der Waals surface area contributed by atoms with Crippen molar-refractivity contribution in [3.05, 3.63) is 24.3 Å². The maximum Gasteiger partial charge on any atom is 0.135 e. The third-order valence-corrected chi connectivity index (χ3v) is 13.7. The Hall–Kier alpha value is -1.54. The normalized spacial score (nSPS) is 48.4. The highest BCUT2D eigenvalue weighted by atomic mass is 16.6. The number of aliphatic hydroxyl groups excluding tert-OH is 3. The van der Waals surface area contributed by atoms with Crippen molar-refractivity contribution in [2.45, 2.75) is 190 Å². The summed E-state index contributed by atoms with van der Waals surface area (Å²) in [5, 5.41) is 31.5. The fraction of sp³-hybridized carbons (Fsp3) is 0.854. The molecule has 0 spiro atoms. The molecule has 52 heavy (non-hydrogen) atoms. The molecular formula is C41H62O11. The minimum Gasteiger partial charge on any atom is -0.394 e. The zero-order valence-electron chi connectivity index (χ0n) is 31.3. The van der Waals surface area contributed by atoms with Crippen LogP contribution in [0.15, 0.2) is 24.3 Å². The van der Waals surface area contributed by atoms with Gasteiger partial charge in [0.25, 0.3) is 0 Å². The van der Waals surface area contributed by atoms with Gasteiger partial charge in [0.2, 0.25) is 0 Å². The van der Waals surface area contributed by atoms with Crippen LogP contribution in [0, 0.1) is 23.7 Å². The van der Waals surface area contributed by atoms with Crippen molar-refractivity contribution >= 4 is 11.6 Å². The molecule has 8 bridgehead atoms. The quantitative estimate of drug-likeness (QED) is 0.360. The van der Waals surface area contributed by atoms with Crippen LogP contribution in [0.4, 0.5) is 0 Å². The van der Waals surface area contributed by atoms with Crippen LogP contribution < -0.4 is 0 Å². The maximum atomic E-state index is 13.8. The molecule has 0 aromatic carbocycles. The van der Waals surface area contributed by atoms with Crippen molar-refractivity contribution in [1.29, 1.82) is 0 Å². The van der Waals surface area contributed by atoms with Crippen molar-refractivity contribution in [3.63, 3.8) is 0 Å². The van der Waals surface area contributed by atoms with Gasteiger partial charge in [-0.25, -0.2) is 0 Å². The first-order valence-electron chi connectivity index (χ1n) is 20.2. The first-order chi connectivity index (χ1) is 24.9. The number of ether oxygens (including phenoxy) is 6. The van der Waals surface area contributed by atoms with Gasteiger partial charge in [0, 0.05) is 44.4 Å². The standard InChI is InChI=1S/C41H62O11/c1-20-12-29-8-10-32-21(2)13-28(47-32)7-6-25(43)16-35-24(5)39-41(52-35)38(46)40-33(51-39)11-9-30(49-40)14-26(44)15-31-23(4)34(17-27(45)19-42)50-37(31)18-36(48-29)22(20)3/h20,23-24,27-42,45-46H,2-3,6-19H2,1,4-5H3/t20-,23-,24+,27+,28?,29+,30?,31-,32+,33+,34-,35-,36?,37+,38+,39+,40+,41+/m1/s1. The van der Waals surface area contributed by atoms with Crippen LogP contribution in [0.1, 0.15) is 104 Å². The zero-order chi connectivity index (χ0) is 36.8. The molecule has 7 rings (SSSR count). The molecule has 0 aromatic rings. The average molecular weight is 731 g/mol. The molecule has 3 N–H and O–H groups in total. The van der Waals surface area contributed by atoms with Crippen LogP contribution in [0.2, 0.25) is 0 Å². The van der Waals surface area contributed by atoms with E-state index in [0.29, 0.717) is 44.9 Å². The number of rotatable bonds is 3. The zero-order valence-corrected chi connectivity index (χ0v) is 31.3. The summed E-state index contributed by atoms with van der Waals surface area (Å²) in [7, 11) is 0. The Morgan fingerprint density at radius 3 is 2.21 bits per heavy atom. The molecule has 0 radical (unpaired) electrons. The van der Waals surface area contributed by atoms with Crippen LogP contribution >= 0.6 is 0 Å². The van der Waals surface area contributed by atoms with Crippen molar-refractivity contribution in [2.75, 3.05) is 6.61 Å². The second-order valence-corrected chi connectivity index (χ2v) is 17.3. The summed E-state index contributed by atoms with van der Waals surface area (Å²) in [6.45, 7) is 14.7. The van der Waals surface area contributed by atoms with E-state index >= 15 is 0 Å². The van der Waals surface area contributed by atoms with Gasteiger partial charge < -0.3 is 43.7 Å². The van der Waals surface area contributed by atoms with Gasteiger partial charge in [-0.3, -0.25) is 9.59 Å². The minimum atomic E-state index is -0.922. The Kier molecular flexibility index (Phi) is 12.1. The van der Waals surface area contributed by atoms with Crippen molar-refractivity contribution < 1.29 is 53.3 Å². The summed E-state index contributed by atoms with van der Waals surface area (Å²) in [6, 6.07) is 0. The molecule has 7 fully saturated rings. The molecule has 0 amide bonds. The summed E-state index contributed by atoms with van der Waals surface area (Å²) in [5.41, 5.74) is 2.10. The summed E-state index contributed by atoms with van der Waals surface area (Å²) in [5.74, 6) is 0.265. The van der Waals surface area contributed by atoms with E-state index in [-0.39, 0.29) is 116 Å². The number of ketones is 2. The van der Waals surface area contributed by atoms with E-state index in [4.69, 9.17) is 28.4 Å². The summed E-state index contributed by atoms with van der Waals surface area (Å²) >= 11 is 0. The van der Waals surface area contributed by atoms with Gasteiger partial charge in [-0.1, -0.05) is 33.9 Å². The minimum absolute atomic E-state index is 0.0158. The van der Waals surface area contributed by atoms with E-state index in [0.717, 1.165) is 36.8 Å². The third kappa shape index (κ3) is 8.19. The third-order valence-electron chi connectivity index (χ3n) is 13.7. The van der Waals surface area contributed by atoms with Crippen molar-refractivity contribution in [1.82, 2.24) is 0 Å². The molecule has 0 aliphatic carbocycles. The number of hydrogen-bond acceptors (Lipinski definition) is 11. The lowest BCUT2D eigenvalue weighted by molar-refractivity contribution is -0.256. The molecule has 11 nitrogen and oxygen atoms in total. The number of hydrogen-bond donors (Lipinski definition) is 3. The predicted octanol–water partition coefficient (Wildman–Crippen LogP) is 4.16. The second-order valence-electron chi connectivity index (χ2n) is 17.3. The highest BCUT2D eigenvalue weighted by Crippen LogP contribution is 2.45. The lowest BCUT2D eigenvalue weighted by Crippen LogP contribution is -2.60. The maximum absolute atomic E-state index is 13.8. The molecule has 18 atom stereocenters. The molecular weight excluding hydrogens is 668 g/mol. The number of fused-ring (bicyclic) bond motifs is 7. The molecule has 11 heteroatoms. The first-order valence-corrected chi connectivity index (χ1v) is 20.2.